The summed E-state index contributed by atoms with van der Waals surface area (Å²) in [5.41, 5.74) is 0.749. The number of carbonyl (C=O) groups excluding carboxylic acids is 1. The van der Waals surface area contributed by atoms with Gasteiger partial charge in [0, 0.05) is 23.1 Å². The van der Waals surface area contributed by atoms with Crippen LogP contribution in [0, 0.1) is 5.82 Å². The quantitative estimate of drug-likeness (QED) is 0.909. The van der Waals surface area contributed by atoms with Gasteiger partial charge in [-0.2, -0.15) is 0 Å². The van der Waals surface area contributed by atoms with Crippen molar-refractivity contribution in [1.82, 2.24) is 4.90 Å². The molecule has 1 amide bonds. The molecule has 1 N–H and O–H groups in total. The van der Waals surface area contributed by atoms with Crippen molar-refractivity contribution in [2.24, 2.45) is 0 Å². The Bertz CT molecular complexity index is 586. The maximum absolute atomic E-state index is 13.7. The van der Waals surface area contributed by atoms with Gasteiger partial charge >= 0.3 is 0 Å². The fourth-order valence-electron chi connectivity index (χ4n) is 1.81. The van der Waals surface area contributed by atoms with Gasteiger partial charge in [-0.25, -0.2) is 4.39 Å². The first-order valence-corrected chi connectivity index (χ1v) is 6.77. The largest absolute Gasteiger partial charge is 0.472 e. The Labute approximate surface area is 123 Å². The lowest BCUT2D eigenvalue weighted by Crippen LogP contribution is -2.33. The van der Waals surface area contributed by atoms with Crippen LogP contribution in [-0.4, -0.2) is 29.1 Å². The highest BCUT2D eigenvalue weighted by Gasteiger charge is 2.18. The molecule has 1 aromatic carbocycles. The van der Waals surface area contributed by atoms with Crippen LogP contribution in [0.25, 0.3) is 0 Å². The van der Waals surface area contributed by atoms with Gasteiger partial charge in [0.05, 0.1) is 18.4 Å². The second-order valence-electron chi connectivity index (χ2n) is 4.20. The average Bonchev–Trinajstić information content (AvgIpc) is 2.95. The fraction of sp³-hybridized carbons (Fsp3) is 0.214. The van der Waals surface area contributed by atoms with Crippen molar-refractivity contribution in [3.05, 3.63) is 58.2 Å². The number of nitrogens with zero attached hydrogens (tertiary/aromatic N) is 1. The summed E-state index contributed by atoms with van der Waals surface area (Å²) in [6.45, 7) is 0.00499. The standard InChI is InChI=1S/C14H13BrFNO3/c15-12-1-2-13(16)11(7-12)8-17(4-5-18)14(19)10-3-6-20-9-10/h1-3,6-7,9,18H,4-5,8H2. The van der Waals surface area contributed by atoms with E-state index in [9.17, 15) is 9.18 Å². The van der Waals surface area contributed by atoms with Crippen molar-refractivity contribution in [2.75, 3.05) is 13.2 Å². The molecule has 0 aliphatic carbocycles. The number of hydrogen-bond acceptors (Lipinski definition) is 3. The van der Waals surface area contributed by atoms with E-state index in [1.807, 2.05) is 0 Å². The van der Waals surface area contributed by atoms with Crippen LogP contribution in [0.4, 0.5) is 4.39 Å². The van der Waals surface area contributed by atoms with E-state index in [2.05, 4.69) is 15.9 Å². The molecule has 4 nitrogen and oxygen atoms in total. The molecule has 0 fully saturated rings. The number of rotatable bonds is 5. The molecule has 1 aromatic heterocycles. The number of aliphatic hydroxyl groups excluding tert-OH is 1. The molecule has 0 atom stereocenters. The predicted octanol–water partition coefficient (Wildman–Crippen LogP) is 2.82. The number of halogens is 2. The number of carbonyl (C=O) groups is 1. The van der Waals surface area contributed by atoms with Gasteiger partial charge in [0.1, 0.15) is 12.1 Å². The van der Waals surface area contributed by atoms with E-state index in [0.29, 0.717) is 11.1 Å². The molecule has 0 aliphatic heterocycles. The average molecular weight is 342 g/mol. The van der Waals surface area contributed by atoms with Crippen LogP contribution in [0.1, 0.15) is 15.9 Å². The summed E-state index contributed by atoms with van der Waals surface area (Å²) < 4.78 is 19.3. The maximum Gasteiger partial charge on any atom is 0.257 e. The van der Waals surface area contributed by atoms with E-state index in [4.69, 9.17) is 9.52 Å². The Hall–Kier alpha value is -1.66. The lowest BCUT2D eigenvalue weighted by molar-refractivity contribution is 0.0705. The van der Waals surface area contributed by atoms with E-state index in [0.717, 1.165) is 4.47 Å². The number of aliphatic hydroxyl groups is 1. The predicted molar refractivity (Wildman–Crippen MR) is 74.6 cm³/mol. The van der Waals surface area contributed by atoms with E-state index in [-0.39, 0.29) is 25.6 Å². The Morgan fingerprint density at radius 1 is 1.40 bits per heavy atom. The first-order chi connectivity index (χ1) is 9.61. The van der Waals surface area contributed by atoms with Crippen molar-refractivity contribution in [2.45, 2.75) is 6.54 Å². The summed E-state index contributed by atoms with van der Waals surface area (Å²) in [6, 6.07) is 6.07. The highest BCUT2D eigenvalue weighted by Crippen LogP contribution is 2.18. The van der Waals surface area contributed by atoms with E-state index in [1.54, 1.807) is 12.1 Å². The van der Waals surface area contributed by atoms with Gasteiger partial charge < -0.3 is 14.4 Å². The molecule has 0 radical (unpaired) electrons. The topological polar surface area (TPSA) is 53.7 Å². The van der Waals surface area contributed by atoms with Gasteiger partial charge in [-0.3, -0.25) is 4.79 Å². The maximum atomic E-state index is 13.7. The van der Waals surface area contributed by atoms with E-state index >= 15 is 0 Å². The molecule has 0 bridgehead atoms. The molecule has 0 unspecified atom stereocenters. The number of amides is 1. The van der Waals surface area contributed by atoms with E-state index in [1.165, 1.54) is 29.6 Å². The summed E-state index contributed by atoms with van der Waals surface area (Å²) in [5.74, 6) is -0.705. The first-order valence-electron chi connectivity index (χ1n) is 5.98. The molecule has 0 saturated carbocycles. The zero-order valence-electron chi connectivity index (χ0n) is 10.6. The fourth-order valence-corrected chi connectivity index (χ4v) is 2.22. The van der Waals surface area contributed by atoms with Crippen LogP contribution >= 0.6 is 15.9 Å². The van der Waals surface area contributed by atoms with Gasteiger partial charge in [-0.1, -0.05) is 15.9 Å². The third-order valence-electron chi connectivity index (χ3n) is 2.79. The van der Waals surface area contributed by atoms with Crippen molar-refractivity contribution in [3.63, 3.8) is 0 Å². The van der Waals surface area contributed by atoms with Gasteiger partial charge in [0.2, 0.25) is 0 Å². The van der Waals surface area contributed by atoms with Crippen molar-refractivity contribution in [1.29, 1.82) is 0 Å². The van der Waals surface area contributed by atoms with Crippen LogP contribution in [-0.2, 0) is 6.54 Å². The Kier molecular flexibility index (Phi) is 4.92. The summed E-state index contributed by atoms with van der Waals surface area (Å²) in [4.78, 5) is 13.6. The summed E-state index contributed by atoms with van der Waals surface area (Å²) in [6.07, 6.45) is 2.72. The molecular formula is C14H13BrFNO3. The van der Waals surface area contributed by atoms with Crippen molar-refractivity contribution in [3.8, 4) is 0 Å². The molecular weight excluding hydrogens is 329 g/mol. The zero-order chi connectivity index (χ0) is 14.5. The van der Waals surface area contributed by atoms with Crippen LogP contribution in [0.3, 0.4) is 0 Å². The molecule has 1 heterocycles. The Morgan fingerprint density at radius 3 is 2.85 bits per heavy atom. The normalized spacial score (nSPS) is 10.6. The number of hydrogen-bond donors (Lipinski definition) is 1. The molecule has 2 aromatic rings. The summed E-state index contributed by atoms with van der Waals surface area (Å²) >= 11 is 3.27. The molecule has 2 rings (SSSR count). The highest BCUT2D eigenvalue weighted by molar-refractivity contribution is 9.10. The number of furan rings is 1. The van der Waals surface area contributed by atoms with Gasteiger partial charge in [-0.05, 0) is 24.3 Å². The molecule has 0 saturated heterocycles. The van der Waals surface area contributed by atoms with Crippen LogP contribution in [0.5, 0.6) is 0 Å². The van der Waals surface area contributed by atoms with Crippen molar-refractivity contribution >= 4 is 21.8 Å². The summed E-state index contributed by atoms with van der Waals surface area (Å²) in [7, 11) is 0. The van der Waals surface area contributed by atoms with Gasteiger partial charge in [-0.15, -0.1) is 0 Å². The number of benzene rings is 1. The second-order valence-corrected chi connectivity index (χ2v) is 5.11. The minimum Gasteiger partial charge on any atom is -0.472 e. The lowest BCUT2D eigenvalue weighted by Gasteiger charge is -2.21. The lowest BCUT2D eigenvalue weighted by atomic mass is 10.2. The smallest absolute Gasteiger partial charge is 0.257 e. The molecule has 20 heavy (non-hydrogen) atoms. The monoisotopic (exact) mass is 341 g/mol. The van der Waals surface area contributed by atoms with Crippen LogP contribution in [0.15, 0.2) is 45.7 Å². The third-order valence-corrected chi connectivity index (χ3v) is 3.29. The molecule has 106 valence electrons. The van der Waals surface area contributed by atoms with Crippen molar-refractivity contribution < 1.29 is 18.7 Å². The van der Waals surface area contributed by atoms with Gasteiger partial charge in [0.25, 0.3) is 5.91 Å². The minimum absolute atomic E-state index is 0.0792. The molecule has 0 aliphatic rings. The minimum atomic E-state index is -0.392. The first kappa shape index (κ1) is 14.7. The summed E-state index contributed by atoms with van der Waals surface area (Å²) in [5, 5.41) is 9.06. The zero-order valence-corrected chi connectivity index (χ0v) is 12.1. The Morgan fingerprint density at radius 2 is 2.20 bits per heavy atom. The highest BCUT2D eigenvalue weighted by atomic mass is 79.9. The Balaban J connectivity index is 2.21. The SMILES string of the molecule is O=C(c1ccoc1)N(CCO)Cc1cc(Br)ccc1F. The van der Waals surface area contributed by atoms with Crippen LogP contribution in [0.2, 0.25) is 0 Å². The third kappa shape index (κ3) is 3.46. The van der Waals surface area contributed by atoms with E-state index < -0.39 is 5.82 Å². The van der Waals surface area contributed by atoms with Crippen LogP contribution < -0.4 is 0 Å². The molecule has 6 heteroatoms. The second kappa shape index (κ2) is 6.67. The van der Waals surface area contributed by atoms with Gasteiger partial charge in [0.15, 0.2) is 0 Å². The molecule has 0 spiro atoms.